The van der Waals surface area contributed by atoms with E-state index in [0.29, 0.717) is 21.6 Å². The number of hydrogen-bond acceptors (Lipinski definition) is 2. The maximum atomic E-state index is 11.3. The largest absolute Gasteiger partial charge is 0.465 e. The molecule has 0 aliphatic rings. The number of benzene rings is 1. The molecule has 0 radical (unpaired) electrons. The summed E-state index contributed by atoms with van der Waals surface area (Å²) >= 11 is 17.8. The van der Waals surface area contributed by atoms with E-state index in [2.05, 4.69) is 4.98 Å². The van der Waals surface area contributed by atoms with Crippen LogP contribution in [0.25, 0.3) is 10.9 Å². The summed E-state index contributed by atoms with van der Waals surface area (Å²) in [4.78, 5) is 16.6. The minimum absolute atomic E-state index is 0.115. The highest BCUT2D eigenvalue weighted by Gasteiger charge is 2.21. The van der Waals surface area contributed by atoms with Crippen LogP contribution in [0.3, 0.4) is 0 Å². The van der Waals surface area contributed by atoms with E-state index in [1.54, 1.807) is 18.3 Å². The summed E-state index contributed by atoms with van der Waals surface area (Å²) in [6, 6.07) is 4.98. The zero-order valence-electron chi connectivity index (χ0n) is 9.61. The van der Waals surface area contributed by atoms with Gasteiger partial charge in [-0.05, 0) is 18.2 Å². The topological polar surface area (TPSA) is 53.4 Å². The van der Waals surface area contributed by atoms with E-state index in [1.165, 1.54) is 6.07 Å². The number of anilines is 1. The van der Waals surface area contributed by atoms with Crippen molar-refractivity contribution >= 4 is 57.5 Å². The molecule has 1 amide bonds. The van der Waals surface area contributed by atoms with Gasteiger partial charge in [-0.2, -0.15) is 0 Å². The third-order valence-electron chi connectivity index (χ3n) is 2.58. The number of carboxylic acid groups (broad SMARTS) is 1. The Morgan fingerprint density at radius 3 is 2.74 bits per heavy atom. The van der Waals surface area contributed by atoms with Crippen molar-refractivity contribution in [1.29, 1.82) is 0 Å². The second-order valence-corrected chi connectivity index (χ2v) is 4.90. The second kappa shape index (κ2) is 5.82. The van der Waals surface area contributed by atoms with Gasteiger partial charge in [0.05, 0.1) is 21.2 Å². The number of amides is 1. The molecule has 0 aliphatic carbocycles. The van der Waals surface area contributed by atoms with Crippen molar-refractivity contribution in [2.24, 2.45) is 0 Å². The molecule has 0 saturated carbocycles. The highest BCUT2D eigenvalue weighted by atomic mass is 35.5. The summed E-state index contributed by atoms with van der Waals surface area (Å²) in [5.74, 6) is 0.152. The van der Waals surface area contributed by atoms with E-state index < -0.39 is 6.09 Å². The van der Waals surface area contributed by atoms with Crippen LogP contribution >= 0.6 is 34.8 Å². The molecule has 0 bridgehead atoms. The number of fused-ring (bicyclic) bond motifs is 1. The molecule has 100 valence electrons. The molecule has 0 unspecified atom stereocenters. The summed E-state index contributed by atoms with van der Waals surface area (Å²) in [6.45, 7) is 0.115. The van der Waals surface area contributed by atoms with E-state index in [1.807, 2.05) is 0 Å². The number of aromatic nitrogens is 1. The first-order valence-electron chi connectivity index (χ1n) is 5.35. The van der Waals surface area contributed by atoms with Crippen LogP contribution in [0.4, 0.5) is 10.5 Å². The predicted octanol–water partition coefficient (Wildman–Crippen LogP) is 4.26. The molecule has 1 heterocycles. The number of halogens is 3. The van der Waals surface area contributed by atoms with Crippen LogP contribution in [-0.2, 0) is 0 Å². The number of alkyl halides is 1. The fourth-order valence-electron chi connectivity index (χ4n) is 1.80. The van der Waals surface area contributed by atoms with Crippen LogP contribution in [0.1, 0.15) is 0 Å². The van der Waals surface area contributed by atoms with Gasteiger partial charge in [-0.3, -0.25) is 9.88 Å². The number of nitrogens with zero attached hydrogens (tertiary/aromatic N) is 2. The van der Waals surface area contributed by atoms with Crippen molar-refractivity contribution in [3.63, 3.8) is 0 Å². The first-order valence-corrected chi connectivity index (χ1v) is 6.64. The number of hydrogen-bond donors (Lipinski definition) is 1. The Labute approximate surface area is 124 Å². The average molecular weight is 320 g/mol. The Balaban J connectivity index is 2.74. The Hall–Kier alpha value is -1.23. The van der Waals surface area contributed by atoms with Gasteiger partial charge < -0.3 is 5.11 Å². The SMILES string of the molecule is O=C(O)N(CCCl)c1c(Cl)cc(Cl)c2cccnc12. The molecule has 1 aromatic carbocycles. The number of pyridine rings is 1. The molecule has 2 rings (SSSR count). The quantitative estimate of drug-likeness (QED) is 0.860. The van der Waals surface area contributed by atoms with E-state index in [-0.39, 0.29) is 17.4 Å². The lowest BCUT2D eigenvalue weighted by atomic mass is 10.1. The molecular weight excluding hydrogens is 311 g/mol. The van der Waals surface area contributed by atoms with Gasteiger partial charge in [0.2, 0.25) is 0 Å². The minimum Gasteiger partial charge on any atom is -0.465 e. The Bertz CT molecular complexity index is 634. The lowest BCUT2D eigenvalue weighted by molar-refractivity contribution is 0.202. The molecule has 1 aromatic heterocycles. The van der Waals surface area contributed by atoms with Gasteiger partial charge in [-0.1, -0.05) is 23.2 Å². The molecule has 4 nitrogen and oxygen atoms in total. The van der Waals surface area contributed by atoms with Crippen molar-refractivity contribution in [2.45, 2.75) is 0 Å². The maximum Gasteiger partial charge on any atom is 0.411 e. The molecule has 2 aromatic rings. The summed E-state index contributed by atoms with van der Waals surface area (Å²) in [5, 5.41) is 10.6. The Kier molecular flexibility index (Phi) is 4.34. The Morgan fingerprint density at radius 2 is 2.11 bits per heavy atom. The van der Waals surface area contributed by atoms with Crippen LogP contribution in [0.15, 0.2) is 24.4 Å². The fraction of sp³-hybridized carbons (Fsp3) is 0.167. The number of carbonyl (C=O) groups is 1. The predicted molar refractivity (Wildman–Crippen MR) is 77.9 cm³/mol. The average Bonchev–Trinajstić information content (AvgIpc) is 2.37. The van der Waals surface area contributed by atoms with Crippen molar-refractivity contribution in [3.8, 4) is 0 Å². The second-order valence-electron chi connectivity index (χ2n) is 3.71. The van der Waals surface area contributed by atoms with Crippen LogP contribution in [0.2, 0.25) is 10.0 Å². The van der Waals surface area contributed by atoms with Gasteiger partial charge in [0.25, 0.3) is 0 Å². The third kappa shape index (κ3) is 2.71. The Morgan fingerprint density at radius 1 is 1.37 bits per heavy atom. The third-order valence-corrected chi connectivity index (χ3v) is 3.35. The van der Waals surface area contributed by atoms with Gasteiger partial charge in [0, 0.05) is 24.0 Å². The molecule has 0 atom stereocenters. The van der Waals surface area contributed by atoms with Crippen molar-refractivity contribution in [3.05, 3.63) is 34.4 Å². The molecule has 0 aliphatic heterocycles. The zero-order valence-corrected chi connectivity index (χ0v) is 11.9. The van der Waals surface area contributed by atoms with Crippen LogP contribution in [0, 0.1) is 0 Å². The summed E-state index contributed by atoms with van der Waals surface area (Å²) < 4.78 is 0. The smallest absolute Gasteiger partial charge is 0.411 e. The van der Waals surface area contributed by atoms with E-state index >= 15 is 0 Å². The number of rotatable bonds is 3. The highest BCUT2D eigenvalue weighted by Crippen LogP contribution is 2.37. The van der Waals surface area contributed by atoms with Crippen molar-refractivity contribution < 1.29 is 9.90 Å². The monoisotopic (exact) mass is 318 g/mol. The molecule has 19 heavy (non-hydrogen) atoms. The van der Waals surface area contributed by atoms with E-state index in [9.17, 15) is 9.90 Å². The van der Waals surface area contributed by atoms with Gasteiger partial charge in [0.1, 0.15) is 0 Å². The highest BCUT2D eigenvalue weighted by molar-refractivity contribution is 6.41. The lowest BCUT2D eigenvalue weighted by Crippen LogP contribution is -2.31. The van der Waals surface area contributed by atoms with Crippen molar-refractivity contribution in [1.82, 2.24) is 4.98 Å². The van der Waals surface area contributed by atoms with Crippen molar-refractivity contribution in [2.75, 3.05) is 17.3 Å². The van der Waals surface area contributed by atoms with Gasteiger partial charge in [0.15, 0.2) is 0 Å². The molecule has 1 N–H and O–H groups in total. The maximum absolute atomic E-state index is 11.3. The fourth-order valence-corrected chi connectivity index (χ4v) is 2.59. The normalized spacial score (nSPS) is 10.7. The first kappa shape index (κ1) is 14.2. The standard InChI is InChI=1S/C12H9Cl3N2O2/c13-3-5-17(12(18)19)11-9(15)6-8(14)7-2-1-4-16-10(7)11/h1-2,4,6H,3,5H2,(H,18,19). The zero-order chi connectivity index (χ0) is 14.0. The van der Waals surface area contributed by atoms with Gasteiger partial charge in [-0.15, -0.1) is 11.6 Å². The minimum atomic E-state index is -1.14. The molecule has 0 fully saturated rings. The molecular formula is C12H9Cl3N2O2. The summed E-state index contributed by atoms with van der Waals surface area (Å²) in [7, 11) is 0. The molecule has 0 saturated heterocycles. The molecule has 7 heteroatoms. The van der Waals surface area contributed by atoms with E-state index in [4.69, 9.17) is 34.8 Å². The van der Waals surface area contributed by atoms with Gasteiger partial charge in [-0.25, -0.2) is 4.79 Å². The van der Waals surface area contributed by atoms with Crippen LogP contribution < -0.4 is 4.90 Å². The van der Waals surface area contributed by atoms with Gasteiger partial charge >= 0.3 is 6.09 Å². The lowest BCUT2D eigenvalue weighted by Gasteiger charge is -2.21. The first-order chi connectivity index (χ1) is 9.06. The summed E-state index contributed by atoms with van der Waals surface area (Å²) in [5.41, 5.74) is 0.738. The summed E-state index contributed by atoms with van der Waals surface area (Å²) in [6.07, 6.45) is 0.413. The molecule has 0 spiro atoms. The van der Waals surface area contributed by atoms with E-state index in [0.717, 1.165) is 4.90 Å². The van der Waals surface area contributed by atoms with Crippen LogP contribution in [0.5, 0.6) is 0 Å². The van der Waals surface area contributed by atoms with Crippen LogP contribution in [-0.4, -0.2) is 28.6 Å².